The van der Waals surface area contributed by atoms with Gasteiger partial charge in [-0.15, -0.1) is 0 Å². The van der Waals surface area contributed by atoms with Gasteiger partial charge in [0, 0.05) is 6.54 Å². The third-order valence-electron chi connectivity index (χ3n) is 3.00. The highest BCUT2D eigenvalue weighted by molar-refractivity contribution is 7.89. The van der Waals surface area contributed by atoms with E-state index in [1.165, 1.54) is 0 Å². The van der Waals surface area contributed by atoms with Crippen LogP contribution in [0.3, 0.4) is 0 Å². The number of aliphatic hydroxyl groups is 1. The van der Waals surface area contributed by atoms with Crippen LogP contribution in [0.25, 0.3) is 0 Å². The summed E-state index contributed by atoms with van der Waals surface area (Å²) in [6, 6.07) is 5.10. The van der Waals surface area contributed by atoms with E-state index < -0.39 is 16.1 Å². The van der Waals surface area contributed by atoms with E-state index in [2.05, 4.69) is 4.72 Å². The first-order valence-corrected chi connectivity index (χ1v) is 8.57. The molecule has 0 radical (unpaired) electrons. The number of sulfonamides is 1. The molecule has 6 nitrogen and oxygen atoms in total. The number of hydrogen-bond donors (Lipinski definition) is 2. The molecule has 0 saturated carbocycles. The summed E-state index contributed by atoms with van der Waals surface area (Å²) in [5.41, 5.74) is 0.589. The Kier molecular flexibility index (Phi) is 5.08. The third kappa shape index (κ3) is 4.59. The van der Waals surface area contributed by atoms with E-state index in [9.17, 15) is 13.5 Å². The molecule has 1 aliphatic rings. The van der Waals surface area contributed by atoms with Gasteiger partial charge in [0.1, 0.15) is 13.2 Å². The molecule has 0 fully saturated rings. The van der Waals surface area contributed by atoms with Gasteiger partial charge in [-0.2, -0.15) is 0 Å². The van der Waals surface area contributed by atoms with Crippen molar-refractivity contribution in [2.45, 2.75) is 20.0 Å². The molecule has 1 aliphatic heterocycles. The molecule has 1 heterocycles. The van der Waals surface area contributed by atoms with Gasteiger partial charge in [0.25, 0.3) is 0 Å². The molecule has 1 atom stereocenters. The minimum atomic E-state index is -3.37. The zero-order chi connectivity index (χ0) is 15.5. The number of fused-ring (bicyclic) bond motifs is 1. The standard InChI is InChI=1S/C14H21NO5S/c1-10(2)9-21(17,18)15-8-12(16)11-3-4-13-14(7-11)20-6-5-19-13/h3-4,7,10,12,15-16H,5-6,8-9H2,1-2H3/t12-/m1/s1. The van der Waals surface area contributed by atoms with Crippen molar-refractivity contribution in [3.8, 4) is 11.5 Å². The van der Waals surface area contributed by atoms with Crippen molar-refractivity contribution in [1.29, 1.82) is 0 Å². The van der Waals surface area contributed by atoms with E-state index in [4.69, 9.17) is 9.47 Å². The minimum absolute atomic E-state index is 0.0361. The van der Waals surface area contributed by atoms with Gasteiger partial charge in [-0.25, -0.2) is 13.1 Å². The smallest absolute Gasteiger partial charge is 0.211 e. The Morgan fingerprint density at radius 3 is 2.57 bits per heavy atom. The summed E-state index contributed by atoms with van der Waals surface area (Å²) in [4.78, 5) is 0. The first-order chi connectivity index (χ1) is 9.87. The first-order valence-electron chi connectivity index (χ1n) is 6.92. The second-order valence-corrected chi connectivity index (χ2v) is 7.29. The maximum absolute atomic E-state index is 11.7. The highest BCUT2D eigenvalue weighted by Crippen LogP contribution is 2.32. The molecule has 0 aromatic heterocycles. The molecule has 1 aromatic carbocycles. The quantitative estimate of drug-likeness (QED) is 0.820. The summed E-state index contributed by atoms with van der Waals surface area (Å²) >= 11 is 0. The van der Waals surface area contributed by atoms with Crippen molar-refractivity contribution in [1.82, 2.24) is 4.72 Å². The lowest BCUT2D eigenvalue weighted by atomic mass is 10.1. The molecule has 2 rings (SSSR count). The van der Waals surface area contributed by atoms with Crippen LogP contribution in [-0.2, 0) is 10.0 Å². The highest BCUT2D eigenvalue weighted by atomic mass is 32.2. The summed E-state index contributed by atoms with van der Waals surface area (Å²) in [6.07, 6.45) is -0.928. The SMILES string of the molecule is CC(C)CS(=O)(=O)NC[C@@H](O)c1ccc2c(c1)OCCO2. The fraction of sp³-hybridized carbons (Fsp3) is 0.571. The molecule has 1 aromatic rings. The van der Waals surface area contributed by atoms with Gasteiger partial charge in [0.2, 0.25) is 10.0 Å². The molecule has 118 valence electrons. The maximum atomic E-state index is 11.7. The van der Waals surface area contributed by atoms with Crippen molar-refractivity contribution in [3.05, 3.63) is 23.8 Å². The molecule has 0 spiro atoms. The average molecular weight is 315 g/mol. The number of ether oxygens (including phenoxy) is 2. The molecule has 0 amide bonds. The fourth-order valence-electron chi connectivity index (χ4n) is 2.09. The van der Waals surface area contributed by atoms with Crippen LogP contribution < -0.4 is 14.2 Å². The Hall–Kier alpha value is -1.31. The molecule has 21 heavy (non-hydrogen) atoms. The fourth-order valence-corrected chi connectivity index (χ4v) is 3.50. The van der Waals surface area contributed by atoms with E-state index >= 15 is 0 Å². The lowest BCUT2D eigenvalue weighted by Crippen LogP contribution is -2.32. The van der Waals surface area contributed by atoms with Crippen molar-refractivity contribution in [2.24, 2.45) is 5.92 Å². The van der Waals surface area contributed by atoms with Crippen LogP contribution in [0.4, 0.5) is 0 Å². The first kappa shape index (κ1) is 16.1. The number of rotatable bonds is 6. The summed E-state index contributed by atoms with van der Waals surface area (Å²) in [7, 11) is -3.37. The highest BCUT2D eigenvalue weighted by Gasteiger charge is 2.18. The summed E-state index contributed by atoms with van der Waals surface area (Å²) < 4.78 is 36.7. The van der Waals surface area contributed by atoms with E-state index in [1.54, 1.807) is 18.2 Å². The zero-order valence-corrected chi connectivity index (χ0v) is 13.0. The van der Waals surface area contributed by atoms with Crippen LogP contribution in [0, 0.1) is 5.92 Å². The summed E-state index contributed by atoms with van der Waals surface area (Å²) in [5, 5.41) is 10.1. The van der Waals surface area contributed by atoms with Crippen LogP contribution in [0.5, 0.6) is 11.5 Å². The topological polar surface area (TPSA) is 84.9 Å². The van der Waals surface area contributed by atoms with E-state index in [0.29, 0.717) is 30.3 Å². The van der Waals surface area contributed by atoms with E-state index in [1.807, 2.05) is 13.8 Å². The molecule has 2 N–H and O–H groups in total. The van der Waals surface area contributed by atoms with Crippen LogP contribution in [-0.4, -0.2) is 39.0 Å². The molecule has 0 bridgehead atoms. The molecule has 0 aliphatic carbocycles. The molecular formula is C14H21NO5S. The van der Waals surface area contributed by atoms with Crippen molar-refractivity contribution in [3.63, 3.8) is 0 Å². The lowest BCUT2D eigenvalue weighted by molar-refractivity contribution is 0.165. The maximum Gasteiger partial charge on any atom is 0.211 e. The van der Waals surface area contributed by atoms with E-state index in [0.717, 1.165) is 0 Å². The largest absolute Gasteiger partial charge is 0.486 e. The predicted octanol–water partition coefficient (Wildman–Crippen LogP) is 1.07. The Balaban J connectivity index is 1.99. The Morgan fingerprint density at radius 2 is 1.90 bits per heavy atom. The lowest BCUT2D eigenvalue weighted by Gasteiger charge is -2.20. The zero-order valence-electron chi connectivity index (χ0n) is 12.2. The van der Waals surface area contributed by atoms with E-state index in [-0.39, 0.29) is 18.2 Å². The second-order valence-electron chi connectivity index (χ2n) is 5.44. The van der Waals surface area contributed by atoms with Gasteiger partial charge >= 0.3 is 0 Å². The number of aliphatic hydroxyl groups excluding tert-OH is 1. The van der Waals surface area contributed by atoms with Crippen LogP contribution in [0.2, 0.25) is 0 Å². The second kappa shape index (κ2) is 6.64. The number of benzene rings is 1. The van der Waals surface area contributed by atoms with Crippen LogP contribution in [0.15, 0.2) is 18.2 Å². The van der Waals surface area contributed by atoms with Crippen LogP contribution in [0.1, 0.15) is 25.5 Å². The Bertz CT molecular complexity index is 585. The van der Waals surface area contributed by atoms with Gasteiger partial charge in [-0.1, -0.05) is 19.9 Å². The molecule has 0 saturated heterocycles. The van der Waals surface area contributed by atoms with Gasteiger partial charge in [-0.05, 0) is 23.6 Å². The number of hydrogen-bond acceptors (Lipinski definition) is 5. The number of nitrogens with one attached hydrogen (secondary N) is 1. The van der Waals surface area contributed by atoms with Gasteiger partial charge in [0.05, 0.1) is 11.9 Å². The molecular weight excluding hydrogens is 294 g/mol. The predicted molar refractivity (Wildman–Crippen MR) is 79.0 cm³/mol. The summed E-state index contributed by atoms with van der Waals surface area (Å²) in [5.74, 6) is 1.29. The van der Waals surface area contributed by atoms with Crippen molar-refractivity contribution < 1.29 is 23.0 Å². The van der Waals surface area contributed by atoms with Crippen molar-refractivity contribution >= 4 is 10.0 Å². The van der Waals surface area contributed by atoms with Crippen molar-refractivity contribution in [2.75, 3.05) is 25.5 Å². The third-order valence-corrected chi connectivity index (χ3v) is 4.71. The molecule has 0 unspecified atom stereocenters. The Labute approximate surface area is 125 Å². The summed E-state index contributed by atoms with van der Waals surface area (Å²) in [6.45, 7) is 4.57. The monoisotopic (exact) mass is 315 g/mol. The van der Waals surface area contributed by atoms with Gasteiger partial charge in [0.15, 0.2) is 11.5 Å². The molecule has 7 heteroatoms. The van der Waals surface area contributed by atoms with Crippen LogP contribution >= 0.6 is 0 Å². The van der Waals surface area contributed by atoms with Gasteiger partial charge < -0.3 is 14.6 Å². The average Bonchev–Trinajstić information content (AvgIpc) is 2.43. The minimum Gasteiger partial charge on any atom is -0.486 e. The van der Waals surface area contributed by atoms with Gasteiger partial charge in [-0.3, -0.25) is 0 Å². The Morgan fingerprint density at radius 1 is 1.24 bits per heavy atom. The normalized spacial score (nSPS) is 16.0.